The van der Waals surface area contributed by atoms with Gasteiger partial charge in [0.2, 0.25) is 0 Å². The topological polar surface area (TPSA) is 52.6 Å². The zero-order valence-electron chi connectivity index (χ0n) is 17.2. The highest BCUT2D eigenvalue weighted by molar-refractivity contribution is 5.76. The van der Waals surface area contributed by atoms with Gasteiger partial charge in [-0.1, -0.05) is 43.6 Å². The number of carbonyl (C=O) groups is 2. The lowest BCUT2D eigenvalue weighted by molar-refractivity contribution is -0.191. The fourth-order valence-corrected chi connectivity index (χ4v) is 5.81. The summed E-state index contributed by atoms with van der Waals surface area (Å²) in [6, 6.07) is 0. The van der Waals surface area contributed by atoms with Crippen molar-refractivity contribution in [1.29, 1.82) is 0 Å². The van der Waals surface area contributed by atoms with Crippen molar-refractivity contribution >= 4 is 11.9 Å². The van der Waals surface area contributed by atoms with Crippen LogP contribution in [0.4, 0.5) is 0 Å². The Bertz CT molecular complexity index is 510. The van der Waals surface area contributed by atoms with Crippen LogP contribution in [0, 0.1) is 29.6 Å². The highest BCUT2D eigenvalue weighted by Gasteiger charge is 2.53. The Balaban J connectivity index is 0. The third kappa shape index (κ3) is 7.27. The summed E-state index contributed by atoms with van der Waals surface area (Å²) in [6.07, 6.45) is 8.40. The summed E-state index contributed by atoms with van der Waals surface area (Å²) in [4.78, 5) is 25.2. The molecular weight excluding hydrogens is 376 g/mol. The van der Waals surface area contributed by atoms with Crippen molar-refractivity contribution in [2.24, 2.45) is 29.6 Å². The molecule has 4 nitrogen and oxygen atoms in total. The number of hydrogen-bond acceptors (Lipinski definition) is 4. The minimum atomic E-state index is -0.493. The van der Waals surface area contributed by atoms with Crippen LogP contribution in [0.2, 0.25) is 0 Å². The molecule has 4 bridgehead atoms. The van der Waals surface area contributed by atoms with Crippen molar-refractivity contribution in [2.75, 3.05) is 0 Å². The second kappa shape index (κ2) is 11.5. The first-order chi connectivity index (χ1) is 12.1. The normalized spacial score (nSPS) is 30.4. The third-order valence-corrected chi connectivity index (χ3v) is 6.57. The summed E-state index contributed by atoms with van der Waals surface area (Å²) in [7, 11) is 0. The molecule has 2 atom stereocenters. The van der Waals surface area contributed by atoms with Crippen LogP contribution in [0.25, 0.3) is 0 Å². The van der Waals surface area contributed by atoms with Crippen LogP contribution in [0.1, 0.15) is 116 Å². The zero-order valence-corrected chi connectivity index (χ0v) is 17.2. The van der Waals surface area contributed by atoms with Gasteiger partial charge in [0.15, 0.2) is 0 Å². The monoisotopic (exact) mass is 428 g/mol. The minimum Gasteiger partial charge on any atom is -0.460 e. The molecule has 4 rings (SSSR count). The summed E-state index contributed by atoms with van der Waals surface area (Å²) < 4.78 is 11.7. The predicted molar refractivity (Wildman–Crippen MR) is 127 cm³/mol. The van der Waals surface area contributed by atoms with E-state index in [0.29, 0.717) is 12.8 Å². The van der Waals surface area contributed by atoms with E-state index in [-0.39, 0.29) is 59.1 Å². The number of esters is 2. The molecule has 0 heterocycles. The average molecular weight is 429 g/mol. The number of rotatable bonds is 6. The van der Waals surface area contributed by atoms with Gasteiger partial charge in [0.1, 0.15) is 11.2 Å². The SMILES string of the molecule is C.C.C.C.CCC(CC(C)C(=O)OC(C)(C)C)C(=O)OC12CC3CC(CC(C3)C1)C2. The van der Waals surface area contributed by atoms with Gasteiger partial charge in [0, 0.05) is 0 Å². The molecule has 0 amide bonds. The first-order valence-corrected chi connectivity index (χ1v) is 10.5. The van der Waals surface area contributed by atoms with Crippen molar-refractivity contribution in [3.05, 3.63) is 0 Å². The van der Waals surface area contributed by atoms with Crippen LogP contribution in [0.3, 0.4) is 0 Å². The van der Waals surface area contributed by atoms with Gasteiger partial charge < -0.3 is 9.47 Å². The van der Waals surface area contributed by atoms with Crippen molar-refractivity contribution in [2.45, 2.75) is 127 Å². The summed E-state index contributed by atoms with van der Waals surface area (Å²) in [5, 5.41) is 0. The molecule has 0 aromatic carbocycles. The van der Waals surface area contributed by atoms with Gasteiger partial charge in [0.25, 0.3) is 0 Å². The largest absolute Gasteiger partial charge is 0.460 e. The first-order valence-electron chi connectivity index (χ1n) is 10.5. The molecule has 0 aliphatic heterocycles. The molecule has 180 valence electrons. The molecule has 4 saturated carbocycles. The zero-order chi connectivity index (χ0) is 19.1. The predicted octanol–water partition coefficient (Wildman–Crippen LogP) is 7.44. The van der Waals surface area contributed by atoms with E-state index in [1.807, 2.05) is 34.6 Å². The van der Waals surface area contributed by atoms with E-state index in [0.717, 1.165) is 37.0 Å². The Labute approximate surface area is 187 Å². The van der Waals surface area contributed by atoms with Crippen LogP contribution in [-0.4, -0.2) is 23.1 Å². The molecule has 0 aromatic heterocycles. The second-order valence-corrected chi connectivity index (χ2v) is 10.3. The summed E-state index contributed by atoms with van der Waals surface area (Å²) in [5.41, 5.74) is -0.693. The Morgan fingerprint density at radius 2 is 1.33 bits per heavy atom. The van der Waals surface area contributed by atoms with Crippen LogP contribution in [0.15, 0.2) is 0 Å². The Morgan fingerprint density at radius 3 is 1.70 bits per heavy atom. The highest BCUT2D eigenvalue weighted by atomic mass is 16.6. The molecule has 4 fully saturated rings. The molecule has 2 unspecified atom stereocenters. The van der Waals surface area contributed by atoms with Crippen LogP contribution < -0.4 is 0 Å². The van der Waals surface area contributed by atoms with Gasteiger partial charge in [-0.2, -0.15) is 0 Å². The first kappa shape index (κ1) is 31.1. The van der Waals surface area contributed by atoms with E-state index in [1.165, 1.54) is 19.3 Å². The molecule has 0 saturated heterocycles. The van der Waals surface area contributed by atoms with E-state index >= 15 is 0 Å². The van der Waals surface area contributed by atoms with E-state index in [1.54, 1.807) is 0 Å². The Kier molecular flexibility index (Phi) is 12.0. The van der Waals surface area contributed by atoms with E-state index < -0.39 is 5.60 Å². The van der Waals surface area contributed by atoms with Gasteiger partial charge in [0.05, 0.1) is 11.8 Å². The minimum absolute atomic E-state index is 0. The number of carbonyl (C=O) groups excluding carboxylic acids is 2. The maximum absolute atomic E-state index is 12.9. The standard InChI is InChI=1S/C22H36O4.4CH4/c1-6-18(7-14(2)19(23)25-21(3,4)5)20(24)26-22-11-15-8-16(12-22)10-17(9-15)13-22;;;;/h14-18H,6-13H2,1-5H3;4*1H4. The van der Waals surface area contributed by atoms with E-state index in [2.05, 4.69) is 0 Å². The number of hydrogen-bond donors (Lipinski definition) is 0. The third-order valence-electron chi connectivity index (χ3n) is 6.57. The molecule has 0 spiro atoms. The lowest BCUT2D eigenvalue weighted by atomic mass is 9.54. The summed E-state index contributed by atoms with van der Waals surface area (Å²) in [5.74, 6) is 1.46. The molecule has 4 heteroatoms. The fourth-order valence-electron chi connectivity index (χ4n) is 5.81. The highest BCUT2D eigenvalue weighted by Crippen LogP contribution is 2.57. The van der Waals surface area contributed by atoms with Gasteiger partial charge >= 0.3 is 11.9 Å². The van der Waals surface area contributed by atoms with Crippen LogP contribution in [0.5, 0.6) is 0 Å². The van der Waals surface area contributed by atoms with E-state index in [4.69, 9.17) is 9.47 Å². The molecular formula is C26H52O4. The quantitative estimate of drug-likeness (QED) is 0.412. The van der Waals surface area contributed by atoms with Crippen LogP contribution >= 0.6 is 0 Å². The Hall–Kier alpha value is -1.06. The van der Waals surface area contributed by atoms with Crippen molar-refractivity contribution in [3.63, 3.8) is 0 Å². The maximum Gasteiger partial charge on any atom is 0.309 e. The average Bonchev–Trinajstić information content (AvgIpc) is 2.48. The summed E-state index contributed by atoms with van der Waals surface area (Å²) in [6.45, 7) is 9.48. The molecule has 0 radical (unpaired) electrons. The molecule has 0 N–H and O–H groups in total. The number of ether oxygens (including phenoxy) is 2. The molecule has 30 heavy (non-hydrogen) atoms. The van der Waals surface area contributed by atoms with Gasteiger partial charge in [-0.15, -0.1) is 0 Å². The Morgan fingerprint density at radius 1 is 0.900 bits per heavy atom. The van der Waals surface area contributed by atoms with E-state index in [9.17, 15) is 9.59 Å². The van der Waals surface area contributed by atoms with Gasteiger partial charge in [-0.3, -0.25) is 9.59 Å². The van der Waals surface area contributed by atoms with Crippen molar-refractivity contribution < 1.29 is 19.1 Å². The van der Waals surface area contributed by atoms with Gasteiger partial charge in [-0.25, -0.2) is 0 Å². The fraction of sp³-hybridized carbons (Fsp3) is 0.923. The molecule has 0 aromatic rings. The lowest BCUT2D eigenvalue weighted by Gasteiger charge is -2.55. The smallest absolute Gasteiger partial charge is 0.309 e. The maximum atomic E-state index is 12.9. The second-order valence-electron chi connectivity index (χ2n) is 10.3. The van der Waals surface area contributed by atoms with Crippen LogP contribution in [-0.2, 0) is 19.1 Å². The lowest BCUT2D eigenvalue weighted by Crippen LogP contribution is -2.53. The summed E-state index contributed by atoms with van der Waals surface area (Å²) >= 11 is 0. The molecule has 4 aliphatic carbocycles. The van der Waals surface area contributed by atoms with Gasteiger partial charge in [-0.05, 0) is 89.9 Å². The molecule has 4 aliphatic rings. The van der Waals surface area contributed by atoms with Crippen molar-refractivity contribution in [1.82, 2.24) is 0 Å². The van der Waals surface area contributed by atoms with Crippen molar-refractivity contribution in [3.8, 4) is 0 Å².